The molecule has 25 heavy (non-hydrogen) atoms. The maximum atomic E-state index is 12.4. The number of anilines is 1. The third-order valence-corrected chi connectivity index (χ3v) is 4.80. The van der Waals surface area contributed by atoms with E-state index in [0.29, 0.717) is 51.4 Å². The summed E-state index contributed by atoms with van der Waals surface area (Å²) in [7, 11) is 0. The Hall–Kier alpha value is -1.99. The van der Waals surface area contributed by atoms with Crippen LogP contribution in [-0.4, -0.2) is 60.6 Å². The number of piperidine rings is 1. The summed E-state index contributed by atoms with van der Waals surface area (Å²) in [5.41, 5.74) is 1.06. The number of nitrogens with one attached hydrogen (secondary N) is 2. The zero-order valence-corrected chi connectivity index (χ0v) is 14.7. The van der Waals surface area contributed by atoms with E-state index in [1.165, 1.54) is 0 Å². The number of rotatable bonds is 4. The number of carbonyl (C=O) groups excluding carboxylic acids is 2. The Morgan fingerprint density at radius 3 is 2.80 bits per heavy atom. The summed E-state index contributed by atoms with van der Waals surface area (Å²) in [5.74, 6) is 0.647. The summed E-state index contributed by atoms with van der Waals surface area (Å²) in [4.78, 5) is 30.8. The molecule has 7 nitrogen and oxygen atoms in total. The molecule has 1 aromatic heterocycles. The molecule has 1 aromatic rings. The summed E-state index contributed by atoms with van der Waals surface area (Å²) >= 11 is 0. The lowest BCUT2D eigenvalue weighted by molar-refractivity contribution is -0.135. The smallest absolute Gasteiger partial charge is 0.228 e. The van der Waals surface area contributed by atoms with Crippen molar-refractivity contribution in [3.05, 3.63) is 23.9 Å². The Labute approximate surface area is 148 Å². The van der Waals surface area contributed by atoms with Gasteiger partial charge in [0.1, 0.15) is 5.82 Å². The fourth-order valence-corrected chi connectivity index (χ4v) is 3.25. The van der Waals surface area contributed by atoms with Crippen LogP contribution in [0.4, 0.5) is 5.82 Å². The Balaban J connectivity index is 1.43. The van der Waals surface area contributed by atoms with Gasteiger partial charge in [-0.05, 0) is 31.4 Å². The lowest BCUT2D eigenvalue weighted by Crippen LogP contribution is -2.47. The standard InChI is InChI=1S/C18H26N4O3/c1-13-2-3-16(20-11-13)21-18(24)14-4-7-22(8-5-14)17(23)10-15-12-25-9-6-19-15/h2-3,11,14-15,19H,4-10,12H2,1H3,(H,20,21,24). The number of ether oxygens (including phenoxy) is 1. The molecule has 2 saturated heterocycles. The summed E-state index contributed by atoms with van der Waals surface area (Å²) in [5, 5.41) is 6.17. The minimum Gasteiger partial charge on any atom is -0.378 e. The van der Waals surface area contributed by atoms with Crippen LogP contribution in [0.2, 0.25) is 0 Å². The lowest BCUT2D eigenvalue weighted by Gasteiger charge is -2.33. The maximum Gasteiger partial charge on any atom is 0.228 e. The van der Waals surface area contributed by atoms with Crippen LogP contribution in [0.5, 0.6) is 0 Å². The number of amides is 2. The molecule has 3 heterocycles. The summed E-state index contributed by atoms with van der Waals surface area (Å²) in [6.45, 7) is 5.32. The number of hydrogen-bond donors (Lipinski definition) is 2. The van der Waals surface area contributed by atoms with Gasteiger partial charge in [-0.25, -0.2) is 4.98 Å². The predicted octanol–water partition coefficient (Wildman–Crippen LogP) is 0.946. The van der Waals surface area contributed by atoms with Crippen LogP contribution in [0.15, 0.2) is 18.3 Å². The van der Waals surface area contributed by atoms with Crippen molar-refractivity contribution in [3.63, 3.8) is 0 Å². The molecule has 2 aliphatic rings. The van der Waals surface area contributed by atoms with Crippen molar-refractivity contribution in [1.82, 2.24) is 15.2 Å². The first-order valence-corrected chi connectivity index (χ1v) is 8.94. The van der Waals surface area contributed by atoms with Crippen molar-refractivity contribution in [2.45, 2.75) is 32.2 Å². The molecule has 0 radical (unpaired) electrons. The summed E-state index contributed by atoms with van der Waals surface area (Å²) in [6, 6.07) is 3.84. The molecule has 0 saturated carbocycles. The molecule has 2 amide bonds. The van der Waals surface area contributed by atoms with Gasteiger partial charge in [0, 0.05) is 44.2 Å². The molecule has 0 aromatic carbocycles. The molecule has 7 heteroatoms. The predicted molar refractivity (Wildman–Crippen MR) is 94.1 cm³/mol. The van der Waals surface area contributed by atoms with Crippen molar-refractivity contribution in [2.24, 2.45) is 5.92 Å². The average Bonchev–Trinajstić information content (AvgIpc) is 2.64. The molecule has 2 aliphatic heterocycles. The normalized spacial score (nSPS) is 21.8. The number of nitrogens with zero attached hydrogens (tertiary/aromatic N) is 2. The lowest BCUT2D eigenvalue weighted by atomic mass is 9.95. The molecule has 1 atom stereocenters. The number of morpholine rings is 1. The van der Waals surface area contributed by atoms with Crippen molar-refractivity contribution in [3.8, 4) is 0 Å². The van der Waals surface area contributed by atoms with Crippen molar-refractivity contribution in [2.75, 3.05) is 38.2 Å². The van der Waals surface area contributed by atoms with Crippen LogP contribution in [0, 0.1) is 12.8 Å². The zero-order valence-electron chi connectivity index (χ0n) is 14.7. The average molecular weight is 346 g/mol. The highest BCUT2D eigenvalue weighted by molar-refractivity contribution is 5.91. The molecule has 0 bridgehead atoms. The van der Waals surface area contributed by atoms with Crippen LogP contribution >= 0.6 is 0 Å². The van der Waals surface area contributed by atoms with Gasteiger partial charge in [-0.2, -0.15) is 0 Å². The fourth-order valence-electron chi connectivity index (χ4n) is 3.25. The summed E-state index contributed by atoms with van der Waals surface area (Å²) < 4.78 is 5.39. The largest absolute Gasteiger partial charge is 0.378 e. The van der Waals surface area contributed by atoms with Crippen LogP contribution in [-0.2, 0) is 14.3 Å². The van der Waals surface area contributed by atoms with E-state index in [4.69, 9.17) is 4.74 Å². The van der Waals surface area contributed by atoms with Crippen molar-refractivity contribution >= 4 is 17.6 Å². The number of pyridine rings is 1. The molecule has 0 spiro atoms. The van der Waals surface area contributed by atoms with E-state index in [9.17, 15) is 9.59 Å². The van der Waals surface area contributed by atoms with E-state index in [1.807, 2.05) is 24.0 Å². The Morgan fingerprint density at radius 1 is 1.36 bits per heavy atom. The highest BCUT2D eigenvalue weighted by atomic mass is 16.5. The molecule has 1 unspecified atom stereocenters. The Bertz CT molecular complexity index is 591. The second-order valence-electron chi connectivity index (χ2n) is 6.80. The second kappa shape index (κ2) is 8.40. The van der Waals surface area contributed by atoms with E-state index in [2.05, 4.69) is 15.6 Å². The van der Waals surface area contributed by atoms with Gasteiger partial charge in [-0.1, -0.05) is 6.07 Å². The van der Waals surface area contributed by atoms with E-state index in [-0.39, 0.29) is 23.8 Å². The third-order valence-electron chi connectivity index (χ3n) is 4.80. The minimum atomic E-state index is -0.0664. The van der Waals surface area contributed by atoms with Gasteiger partial charge in [-0.3, -0.25) is 9.59 Å². The van der Waals surface area contributed by atoms with Crippen LogP contribution in [0.25, 0.3) is 0 Å². The zero-order chi connectivity index (χ0) is 17.6. The minimum absolute atomic E-state index is 0.00852. The number of carbonyl (C=O) groups is 2. The Morgan fingerprint density at radius 2 is 2.16 bits per heavy atom. The van der Waals surface area contributed by atoms with Crippen LogP contribution in [0.3, 0.4) is 0 Å². The van der Waals surface area contributed by atoms with Gasteiger partial charge in [0.15, 0.2) is 0 Å². The van der Waals surface area contributed by atoms with Gasteiger partial charge in [0.2, 0.25) is 11.8 Å². The fraction of sp³-hybridized carbons (Fsp3) is 0.611. The van der Waals surface area contributed by atoms with E-state index < -0.39 is 0 Å². The highest BCUT2D eigenvalue weighted by Gasteiger charge is 2.28. The number of hydrogen-bond acceptors (Lipinski definition) is 5. The van der Waals surface area contributed by atoms with Gasteiger partial charge >= 0.3 is 0 Å². The van der Waals surface area contributed by atoms with Crippen molar-refractivity contribution < 1.29 is 14.3 Å². The Kier molecular flexibility index (Phi) is 5.99. The molecule has 2 fully saturated rings. The number of aromatic nitrogens is 1. The van der Waals surface area contributed by atoms with Gasteiger partial charge in [0.25, 0.3) is 0 Å². The van der Waals surface area contributed by atoms with E-state index >= 15 is 0 Å². The maximum absolute atomic E-state index is 12.4. The molecule has 3 rings (SSSR count). The van der Waals surface area contributed by atoms with Gasteiger partial charge < -0.3 is 20.3 Å². The summed E-state index contributed by atoms with van der Waals surface area (Å²) in [6.07, 6.45) is 3.58. The molecule has 136 valence electrons. The SMILES string of the molecule is Cc1ccc(NC(=O)C2CCN(C(=O)CC3COCCN3)CC2)nc1. The van der Waals surface area contributed by atoms with Crippen molar-refractivity contribution in [1.29, 1.82) is 0 Å². The van der Waals surface area contributed by atoms with Crippen LogP contribution in [0.1, 0.15) is 24.8 Å². The highest BCUT2D eigenvalue weighted by Crippen LogP contribution is 2.20. The van der Waals surface area contributed by atoms with E-state index in [0.717, 1.165) is 12.1 Å². The number of aryl methyl sites for hydroxylation is 1. The third kappa shape index (κ3) is 4.99. The molecular weight excluding hydrogens is 320 g/mol. The molecular formula is C18H26N4O3. The van der Waals surface area contributed by atoms with Crippen LogP contribution < -0.4 is 10.6 Å². The van der Waals surface area contributed by atoms with Gasteiger partial charge in [0.05, 0.1) is 13.2 Å². The second-order valence-corrected chi connectivity index (χ2v) is 6.80. The molecule has 2 N–H and O–H groups in total. The first kappa shape index (κ1) is 17.8. The van der Waals surface area contributed by atoms with Gasteiger partial charge in [-0.15, -0.1) is 0 Å². The first-order valence-electron chi connectivity index (χ1n) is 8.94. The number of likely N-dealkylation sites (tertiary alicyclic amines) is 1. The van der Waals surface area contributed by atoms with E-state index in [1.54, 1.807) is 6.20 Å². The topological polar surface area (TPSA) is 83.6 Å². The monoisotopic (exact) mass is 346 g/mol. The molecule has 0 aliphatic carbocycles. The first-order chi connectivity index (χ1) is 12.1. The quantitative estimate of drug-likeness (QED) is 0.848.